The van der Waals surface area contributed by atoms with E-state index in [1.54, 1.807) is 0 Å². The summed E-state index contributed by atoms with van der Waals surface area (Å²) in [6, 6.07) is 0. The van der Waals surface area contributed by atoms with Crippen molar-refractivity contribution in [3.8, 4) is 0 Å². The molecule has 0 aromatic carbocycles. The first-order chi connectivity index (χ1) is 7.72. The lowest BCUT2D eigenvalue weighted by Gasteiger charge is -2.20. The summed E-state index contributed by atoms with van der Waals surface area (Å²) in [6.07, 6.45) is 4.45. The van der Waals surface area contributed by atoms with Crippen molar-refractivity contribution in [3.05, 3.63) is 17.1 Å². The Morgan fingerprint density at radius 1 is 1.31 bits per heavy atom. The van der Waals surface area contributed by atoms with Crippen LogP contribution < -0.4 is 10.6 Å². The molecule has 0 radical (unpaired) electrons. The van der Waals surface area contributed by atoms with Gasteiger partial charge < -0.3 is 10.6 Å². The molecule has 2 N–H and O–H groups in total. The Balaban J connectivity index is 2.26. The summed E-state index contributed by atoms with van der Waals surface area (Å²) in [7, 11) is 2.09. The number of hydrogen-bond donors (Lipinski definition) is 1. The largest absolute Gasteiger partial charge is 0.359 e. The molecule has 0 bridgehead atoms. The van der Waals surface area contributed by atoms with Crippen LogP contribution >= 0.6 is 0 Å². The molecule has 0 amide bonds. The fourth-order valence-electron chi connectivity index (χ4n) is 2.28. The van der Waals surface area contributed by atoms with Gasteiger partial charge in [0.15, 0.2) is 0 Å². The van der Waals surface area contributed by atoms with Crippen LogP contribution in [0.2, 0.25) is 0 Å². The Morgan fingerprint density at radius 2 is 2.12 bits per heavy atom. The van der Waals surface area contributed by atoms with Crippen molar-refractivity contribution in [1.82, 2.24) is 9.97 Å². The number of hydrogen-bond acceptors (Lipinski definition) is 4. The lowest BCUT2D eigenvalue weighted by Crippen LogP contribution is -2.24. The molecule has 0 saturated heterocycles. The van der Waals surface area contributed by atoms with Gasteiger partial charge in [-0.1, -0.05) is 0 Å². The zero-order valence-electron chi connectivity index (χ0n) is 10.2. The van der Waals surface area contributed by atoms with Crippen LogP contribution in [0, 0.1) is 6.92 Å². The second kappa shape index (κ2) is 4.78. The van der Waals surface area contributed by atoms with Gasteiger partial charge in [-0.15, -0.1) is 0 Å². The average molecular weight is 220 g/mol. The number of aromatic nitrogens is 2. The molecule has 1 heterocycles. The molecule has 0 spiro atoms. The smallest absolute Gasteiger partial charge is 0.135 e. The standard InChI is InChI=1S/C12H20N4/c1-9-14-11-6-3-5-10(11)12(15-9)16(2)8-4-7-13/h3-8,13H2,1-2H3. The minimum absolute atomic E-state index is 0.733. The van der Waals surface area contributed by atoms with E-state index in [2.05, 4.69) is 21.9 Å². The Bertz CT molecular complexity index is 376. The molecule has 0 aliphatic heterocycles. The average Bonchev–Trinajstić information content (AvgIpc) is 2.72. The highest BCUT2D eigenvalue weighted by atomic mass is 15.2. The van der Waals surface area contributed by atoms with Gasteiger partial charge in [0.25, 0.3) is 0 Å². The summed E-state index contributed by atoms with van der Waals surface area (Å²) in [5.41, 5.74) is 8.14. The number of nitrogens with two attached hydrogens (primary N) is 1. The molecule has 0 atom stereocenters. The number of nitrogens with zero attached hydrogens (tertiary/aromatic N) is 3. The van der Waals surface area contributed by atoms with Crippen LogP contribution in [0.3, 0.4) is 0 Å². The van der Waals surface area contributed by atoms with Crippen LogP contribution in [0.1, 0.15) is 29.9 Å². The molecular weight excluding hydrogens is 200 g/mol. The van der Waals surface area contributed by atoms with Crippen molar-refractivity contribution in [1.29, 1.82) is 0 Å². The van der Waals surface area contributed by atoms with E-state index in [9.17, 15) is 0 Å². The molecule has 1 aliphatic rings. The zero-order chi connectivity index (χ0) is 11.5. The number of anilines is 1. The lowest BCUT2D eigenvalue weighted by molar-refractivity contribution is 0.776. The maximum Gasteiger partial charge on any atom is 0.135 e. The topological polar surface area (TPSA) is 55.0 Å². The quantitative estimate of drug-likeness (QED) is 0.824. The summed E-state index contributed by atoms with van der Waals surface area (Å²) in [4.78, 5) is 11.3. The summed E-state index contributed by atoms with van der Waals surface area (Å²) in [5, 5.41) is 0. The summed E-state index contributed by atoms with van der Waals surface area (Å²) >= 11 is 0. The third-order valence-corrected chi connectivity index (χ3v) is 3.08. The Morgan fingerprint density at radius 3 is 2.88 bits per heavy atom. The minimum atomic E-state index is 0.733. The van der Waals surface area contributed by atoms with Crippen LogP contribution in [0.5, 0.6) is 0 Å². The SMILES string of the molecule is Cc1nc2c(c(N(C)CCCN)n1)CCC2. The third-order valence-electron chi connectivity index (χ3n) is 3.08. The first kappa shape index (κ1) is 11.3. The van der Waals surface area contributed by atoms with Crippen molar-refractivity contribution in [2.45, 2.75) is 32.6 Å². The predicted octanol–water partition coefficient (Wildman–Crippen LogP) is 1.06. The van der Waals surface area contributed by atoms with Gasteiger partial charge in [-0.25, -0.2) is 9.97 Å². The van der Waals surface area contributed by atoms with Gasteiger partial charge in [0, 0.05) is 24.8 Å². The molecule has 0 unspecified atom stereocenters. The van der Waals surface area contributed by atoms with E-state index in [0.29, 0.717) is 0 Å². The molecule has 16 heavy (non-hydrogen) atoms. The summed E-state index contributed by atoms with van der Waals surface area (Å²) < 4.78 is 0. The van der Waals surface area contributed by atoms with Gasteiger partial charge in [0.1, 0.15) is 11.6 Å². The highest BCUT2D eigenvalue weighted by Gasteiger charge is 2.20. The fraction of sp³-hybridized carbons (Fsp3) is 0.667. The van der Waals surface area contributed by atoms with Gasteiger partial charge in [0.05, 0.1) is 0 Å². The number of rotatable bonds is 4. The van der Waals surface area contributed by atoms with Crippen molar-refractivity contribution < 1.29 is 0 Å². The highest BCUT2D eigenvalue weighted by molar-refractivity contribution is 5.50. The summed E-state index contributed by atoms with van der Waals surface area (Å²) in [6.45, 7) is 3.68. The van der Waals surface area contributed by atoms with Crippen molar-refractivity contribution in [2.75, 3.05) is 25.0 Å². The van der Waals surface area contributed by atoms with Crippen molar-refractivity contribution in [3.63, 3.8) is 0 Å². The Hall–Kier alpha value is -1.16. The lowest BCUT2D eigenvalue weighted by atomic mass is 10.2. The van der Waals surface area contributed by atoms with Crippen LogP contribution in [-0.4, -0.2) is 30.1 Å². The molecule has 4 nitrogen and oxygen atoms in total. The highest BCUT2D eigenvalue weighted by Crippen LogP contribution is 2.28. The molecule has 4 heteroatoms. The first-order valence-electron chi connectivity index (χ1n) is 6.00. The van der Waals surface area contributed by atoms with E-state index in [1.807, 2.05) is 6.92 Å². The molecular formula is C12H20N4. The van der Waals surface area contributed by atoms with Crippen LogP contribution in [0.4, 0.5) is 5.82 Å². The van der Waals surface area contributed by atoms with E-state index < -0.39 is 0 Å². The van der Waals surface area contributed by atoms with E-state index >= 15 is 0 Å². The second-order valence-electron chi connectivity index (χ2n) is 4.44. The predicted molar refractivity (Wildman–Crippen MR) is 65.7 cm³/mol. The molecule has 2 rings (SSSR count). The maximum atomic E-state index is 5.54. The number of fused-ring (bicyclic) bond motifs is 1. The van der Waals surface area contributed by atoms with Gasteiger partial charge in [0.2, 0.25) is 0 Å². The zero-order valence-corrected chi connectivity index (χ0v) is 10.2. The Kier molecular flexibility index (Phi) is 3.39. The van der Waals surface area contributed by atoms with Crippen molar-refractivity contribution >= 4 is 5.82 Å². The fourth-order valence-corrected chi connectivity index (χ4v) is 2.28. The van der Waals surface area contributed by atoms with E-state index in [1.165, 1.54) is 17.7 Å². The minimum Gasteiger partial charge on any atom is -0.359 e. The van der Waals surface area contributed by atoms with Crippen LogP contribution in [-0.2, 0) is 12.8 Å². The molecule has 1 aliphatic carbocycles. The monoisotopic (exact) mass is 220 g/mol. The summed E-state index contributed by atoms with van der Waals surface area (Å²) in [5.74, 6) is 2.00. The van der Waals surface area contributed by atoms with Gasteiger partial charge >= 0.3 is 0 Å². The first-order valence-corrected chi connectivity index (χ1v) is 6.00. The molecule has 88 valence electrons. The van der Waals surface area contributed by atoms with E-state index in [0.717, 1.165) is 44.0 Å². The molecule has 1 aromatic heterocycles. The second-order valence-corrected chi connectivity index (χ2v) is 4.44. The number of aryl methyl sites for hydroxylation is 2. The van der Waals surface area contributed by atoms with E-state index in [-0.39, 0.29) is 0 Å². The maximum absolute atomic E-state index is 5.54. The van der Waals surface area contributed by atoms with Crippen LogP contribution in [0.15, 0.2) is 0 Å². The Labute approximate surface area is 96.9 Å². The molecule has 0 saturated carbocycles. The molecule has 0 fully saturated rings. The van der Waals surface area contributed by atoms with Gasteiger partial charge in [-0.3, -0.25) is 0 Å². The van der Waals surface area contributed by atoms with Crippen LogP contribution in [0.25, 0.3) is 0 Å². The normalized spacial score (nSPS) is 13.9. The van der Waals surface area contributed by atoms with E-state index in [4.69, 9.17) is 5.73 Å². The molecule has 1 aromatic rings. The van der Waals surface area contributed by atoms with Crippen molar-refractivity contribution in [2.24, 2.45) is 5.73 Å². The van der Waals surface area contributed by atoms with Gasteiger partial charge in [-0.05, 0) is 39.2 Å². The van der Waals surface area contributed by atoms with Gasteiger partial charge in [-0.2, -0.15) is 0 Å². The third kappa shape index (κ3) is 2.16.